The topological polar surface area (TPSA) is 77.5 Å². The maximum atomic E-state index is 12.2. The van der Waals surface area contributed by atoms with E-state index in [1.165, 1.54) is 5.38 Å². The molecule has 0 saturated heterocycles. The van der Waals surface area contributed by atoms with Crippen molar-refractivity contribution in [3.05, 3.63) is 39.9 Å². The van der Waals surface area contributed by atoms with Gasteiger partial charge in [0.1, 0.15) is 5.75 Å². The highest BCUT2D eigenvalue weighted by Gasteiger charge is 2.19. The lowest BCUT2D eigenvalue weighted by molar-refractivity contribution is -0.122. The number of aryl methyl sites for hydroxylation is 1. The summed E-state index contributed by atoms with van der Waals surface area (Å²) in [6.45, 7) is 5.45. The van der Waals surface area contributed by atoms with E-state index in [1.807, 2.05) is 6.92 Å². The number of benzene rings is 1. The number of halogens is 1. The van der Waals surface area contributed by atoms with Gasteiger partial charge in [0.2, 0.25) is 0 Å². The van der Waals surface area contributed by atoms with E-state index in [9.17, 15) is 9.59 Å². The van der Waals surface area contributed by atoms with E-state index >= 15 is 0 Å². The molecule has 0 aliphatic rings. The average Bonchev–Trinajstić information content (AvgIpc) is 2.98. The van der Waals surface area contributed by atoms with Gasteiger partial charge in [0, 0.05) is 10.4 Å². The van der Waals surface area contributed by atoms with Gasteiger partial charge in [-0.2, -0.15) is 0 Å². The number of thiazole rings is 1. The van der Waals surface area contributed by atoms with Crippen LogP contribution in [0, 0.1) is 6.92 Å². The number of carbonyl (C=O) groups is 2. The van der Waals surface area contributed by atoms with Gasteiger partial charge in [0.25, 0.3) is 5.91 Å². The Morgan fingerprint density at radius 2 is 2.17 bits per heavy atom. The Labute approximate surface area is 148 Å². The lowest BCUT2D eigenvalue weighted by Crippen LogP contribution is -2.30. The summed E-state index contributed by atoms with van der Waals surface area (Å²) in [5.41, 5.74) is 1.00. The Morgan fingerprint density at radius 3 is 2.83 bits per heavy atom. The van der Waals surface area contributed by atoms with Crippen molar-refractivity contribution >= 4 is 39.9 Å². The molecule has 0 aliphatic heterocycles. The third-order valence-electron chi connectivity index (χ3n) is 3.03. The van der Waals surface area contributed by atoms with Gasteiger partial charge in [0.05, 0.1) is 6.61 Å². The molecule has 1 aromatic heterocycles. The van der Waals surface area contributed by atoms with Crippen molar-refractivity contribution in [2.75, 3.05) is 11.9 Å². The lowest BCUT2D eigenvalue weighted by atomic mass is 10.2. The van der Waals surface area contributed by atoms with E-state index in [0.717, 1.165) is 16.9 Å². The summed E-state index contributed by atoms with van der Waals surface area (Å²) in [5, 5.41) is 5.06. The molecule has 0 radical (unpaired) electrons. The first kappa shape index (κ1) is 18.2. The molecular weight excluding hydrogens is 352 g/mol. The molecule has 6 nitrogen and oxygen atoms in total. The fraction of sp³-hybridized carbons (Fsp3) is 0.312. The molecule has 8 heteroatoms. The summed E-state index contributed by atoms with van der Waals surface area (Å²) in [4.78, 5) is 27.8. The summed E-state index contributed by atoms with van der Waals surface area (Å²) >= 11 is 7.04. The van der Waals surface area contributed by atoms with Gasteiger partial charge in [-0.1, -0.05) is 11.6 Å². The maximum absolute atomic E-state index is 12.2. The number of aromatic nitrogens is 1. The van der Waals surface area contributed by atoms with Gasteiger partial charge >= 0.3 is 5.97 Å². The Morgan fingerprint density at radius 1 is 1.42 bits per heavy atom. The Kier molecular flexibility index (Phi) is 6.16. The molecule has 0 spiro atoms. The number of nitrogens with zero attached hydrogens (tertiary/aromatic N) is 1. The van der Waals surface area contributed by atoms with Gasteiger partial charge in [-0.05, 0) is 44.5 Å². The van der Waals surface area contributed by atoms with Crippen LogP contribution in [-0.4, -0.2) is 29.6 Å². The zero-order valence-corrected chi connectivity index (χ0v) is 15.0. The van der Waals surface area contributed by atoms with E-state index in [2.05, 4.69) is 10.3 Å². The minimum Gasteiger partial charge on any atom is -0.481 e. The van der Waals surface area contributed by atoms with Crippen molar-refractivity contribution in [1.82, 2.24) is 4.98 Å². The van der Waals surface area contributed by atoms with Crippen molar-refractivity contribution in [1.29, 1.82) is 0 Å². The Balaban J connectivity index is 1.97. The Bertz CT molecular complexity index is 747. The molecule has 1 heterocycles. The number of hydrogen-bond acceptors (Lipinski definition) is 6. The van der Waals surface area contributed by atoms with Crippen molar-refractivity contribution in [3.8, 4) is 5.75 Å². The minimum absolute atomic E-state index is 0.166. The number of esters is 1. The smallest absolute Gasteiger partial charge is 0.357 e. The molecule has 0 bridgehead atoms. The highest BCUT2D eigenvalue weighted by molar-refractivity contribution is 7.14. The van der Waals surface area contributed by atoms with Crippen LogP contribution < -0.4 is 10.1 Å². The molecule has 0 saturated carbocycles. The molecular formula is C16H17ClN2O4S. The number of ether oxygens (including phenoxy) is 2. The van der Waals surface area contributed by atoms with E-state index < -0.39 is 12.1 Å². The molecule has 2 rings (SSSR count). The number of rotatable bonds is 6. The molecule has 1 N–H and O–H groups in total. The predicted molar refractivity (Wildman–Crippen MR) is 93.0 cm³/mol. The fourth-order valence-electron chi connectivity index (χ4n) is 1.83. The second-order valence-corrected chi connectivity index (χ2v) is 6.21. The van der Waals surface area contributed by atoms with Gasteiger partial charge in [-0.3, -0.25) is 10.1 Å². The van der Waals surface area contributed by atoms with E-state index in [0.29, 0.717) is 15.9 Å². The Hall–Kier alpha value is -2.12. The summed E-state index contributed by atoms with van der Waals surface area (Å²) in [7, 11) is 0. The van der Waals surface area contributed by atoms with Crippen molar-refractivity contribution in [2.24, 2.45) is 0 Å². The average molecular weight is 369 g/mol. The number of anilines is 1. The first-order chi connectivity index (χ1) is 11.4. The second kappa shape index (κ2) is 8.12. The molecule has 24 heavy (non-hydrogen) atoms. The second-order valence-electron chi connectivity index (χ2n) is 4.92. The fourth-order valence-corrected chi connectivity index (χ4v) is 2.74. The SMILES string of the molecule is CCOC(=O)c1csc(NC(=O)C(C)Oc2ccc(Cl)cc2C)n1. The molecule has 128 valence electrons. The van der Waals surface area contributed by atoms with Crippen LogP contribution in [0.1, 0.15) is 29.9 Å². The highest BCUT2D eigenvalue weighted by atomic mass is 35.5. The first-order valence-corrected chi connectivity index (χ1v) is 8.52. The molecule has 1 atom stereocenters. The molecule has 1 unspecified atom stereocenters. The molecule has 0 fully saturated rings. The number of nitrogens with one attached hydrogen (secondary N) is 1. The van der Waals surface area contributed by atoms with Gasteiger partial charge in [-0.25, -0.2) is 9.78 Å². The summed E-state index contributed by atoms with van der Waals surface area (Å²) < 4.78 is 10.5. The van der Waals surface area contributed by atoms with E-state index in [1.54, 1.807) is 32.0 Å². The first-order valence-electron chi connectivity index (χ1n) is 7.27. The minimum atomic E-state index is -0.736. The van der Waals surface area contributed by atoms with Crippen LogP contribution in [0.3, 0.4) is 0 Å². The van der Waals surface area contributed by atoms with Crippen molar-refractivity contribution in [2.45, 2.75) is 26.9 Å². The zero-order valence-electron chi connectivity index (χ0n) is 13.5. The van der Waals surface area contributed by atoms with E-state index in [4.69, 9.17) is 21.1 Å². The lowest BCUT2D eigenvalue weighted by Gasteiger charge is -2.15. The number of carbonyl (C=O) groups excluding carboxylic acids is 2. The molecule has 1 amide bonds. The van der Waals surface area contributed by atoms with Crippen LogP contribution >= 0.6 is 22.9 Å². The quantitative estimate of drug-likeness (QED) is 0.787. The number of hydrogen-bond donors (Lipinski definition) is 1. The van der Waals surface area contributed by atoms with Crippen LogP contribution in [0.15, 0.2) is 23.6 Å². The third kappa shape index (κ3) is 4.69. The van der Waals surface area contributed by atoms with Crippen LogP contribution in [-0.2, 0) is 9.53 Å². The summed E-state index contributed by atoms with van der Waals surface area (Å²) in [6, 6.07) is 5.17. The van der Waals surface area contributed by atoms with Crippen LogP contribution in [0.2, 0.25) is 5.02 Å². The maximum Gasteiger partial charge on any atom is 0.357 e. The van der Waals surface area contributed by atoms with Crippen molar-refractivity contribution < 1.29 is 19.1 Å². The zero-order chi connectivity index (χ0) is 17.7. The van der Waals surface area contributed by atoms with Crippen LogP contribution in [0.4, 0.5) is 5.13 Å². The monoisotopic (exact) mass is 368 g/mol. The van der Waals surface area contributed by atoms with Gasteiger partial charge in [-0.15, -0.1) is 11.3 Å². The van der Waals surface area contributed by atoms with Crippen molar-refractivity contribution in [3.63, 3.8) is 0 Å². The van der Waals surface area contributed by atoms with Crippen LogP contribution in [0.25, 0.3) is 0 Å². The normalized spacial score (nSPS) is 11.7. The van der Waals surface area contributed by atoms with Gasteiger partial charge in [0.15, 0.2) is 16.9 Å². The third-order valence-corrected chi connectivity index (χ3v) is 4.02. The van der Waals surface area contributed by atoms with Crippen LogP contribution in [0.5, 0.6) is 5.75 Å². The largest absolute Gasteiger partial charge is 0.481 e. The van der Waals surface area contributed by atoms with Gasteiger partial charge < -0.3 is 9.47 Å². The van der Waals surface area contributed by atoms with E-state index in [-0.39, 0.29) is 18.2 Å². The predicted octanol–water partition coefficient (Wildman–Crippen LogP) is 3.69. The standard InChI is InChI=1S/C16H17ClN2O4S/c1-4-22-15(21)12-8-24-16(18-12)19-14(20)10(3)23-13-6-5-11(17)7-9(13)2/h5-8,10H,4H2,1-3H3,(H,18,19,20). The molecule has 1 aromatic carbocycles. The highest BCUT2D eigenvalue weighted by Crippen LogP contribution is 2.23. The molecule has 2 aromatic rings. The molecule has 0 aliphatic carbocycles. The summed E-state index contributed by atoms with van der Waals surface area (Å²) in [6.07, 6.45) is -0.736. The summed E-state index contributed by atoms with van der Waals surface area (Å²) in [5.74, 6) is -0.308. The number of amides is 1.